The molecule has 0 saturated carbocycles. The normalized spacial score (nSPS) is 18.3. The summed E-state index contributed by atoms with van der Waals surface area (Å²) >= 11 is 0. The van der Waals surface area contributed by atoms with Gasteiger partial charge in [0.15, 0.2) is 5.58 Å². The molecule has 0 spiro atoms. The van der Waals surface area contributed by atoms with E-state index in [0.717, 1.165) is 41.8 Å². The fourth-order valence-electron chi connectivity index (χ4n) is 5.40. The van der Waals surface area contributed by atoms with Gasteiger partial charge < -0.3 is 19.1 Å². The molecule has 0 aliphatic carbocycles. The van der Waals surface area contributed by atoms with Crippen LogP contribution in [0.3, 0.4) is 0 Å². The number of amides is 1. The highest BCUT2D eigenvalue weighted by Gasteiger charge is 2.37. The highest BCUT2D eigenvalue weighted by Crippen LogP contribution is 2.46. The first-order valence-corrected chi connectivity index (χ1v) is 12.2. The van der Waals surface area contributed by atoms with Crippen LogP contribution in [-0.2, 0) is 4.79 Å². The molecule has 2 aliphatic heterocycles. The maximum Gasteiger partial charge on any atom is 0.298 e. The fourth-order valence-corrected chi connectivity index (χ4v) is 5.40. The number of nitrogens with zero attached hydrogens (tertiary/aromatic N) is 6. The minimum atomic E-state index is 0.0492. The van der Waals surface area contributed by atoms with Crippen LogP contribution < -0.4 is 9.80 Å². The van der Waals surface area contributed by atoms with Crippen LogP contribution in [0.15, 0.2) is 34.7 Å². The quantitative estimate of drug-likeness (QED) is 0.558. The molecule has 1 atom stereocenters. The molecule has 0 radical (unpaired) electrons. The predicted octanol–water partition coefficient (Wildman–Crippen LogP) is 3.83. The van der Waals surface area contributed by atoms with E-state index in [9.17, 15) is 10.1 Å². The molecule has 182 valence electrons. The molecule has 8 nitrogen and oxygen atoms in total. The lowest BCUT2D eigenvalue weighted by Crippen LogP contribution is -2.59. The maximum absolute atomic E-state index is 11.8. The zero-order valence-electron chi connectivity index (χ0n) is 21.1. The van der Waals surface area contributed by atoms with Gasteiger partial charge in [-0.1, -0.05) is 30.3 Å². The van der Waals surface area contributed by atoms with E-state index >= 15 is 0 Å². The fraction of sp³-hybridized carbons (Fsp3) is 0.444. The van der Waals surface area contributed by atoms with E-state index in [0.29, 0.717) is 35.8 Å². The van der Waals surface area contributed by atoms with Crippen LogP contribution in [0.5, 0.6) is 0 Å². The zero-order valence-corrected chi connectivity index (χ0v) is 21.1. The van der Waals surface area contributed by atoms with Crippen LogP contribution in [0.1, 0.15) is 30.9 Å². The number of carbonyl (C=O) groups is 1. The summed E-state index contributed by atoms with van der Waals surface area (Å²) in [7, 11) is 6.04. The second-order valence-electron chi connectivity index (χ2n) is 9.84. The molecule has 3 aromatic rings. The number of rotatable bonds is 5. The Labute approximate surface area is 206 Å². The third-order valence-electron chi connectivity index (χ3n) is 7.51. The summed E-state index contributed by atoms with van der Waals surface area (Å²) in [6, 6.07) is 13.3. The van der Waals surface area contributed by atoms with E-state index in [1.165, 1.54) is 0 Å². The van der Waals surface area contributed by atoms with Crippen LogP contribution in [0.2, 0.25) is 0 Å². The van der Waals surface area contributed by atoms with Crippen LogP contribution in [0, 0.1) is 18.3 Å². The highest BCUT2D eigenvalue weighted by molar-refractivity contribution is 6.03. The van der Waals surface area contributed by atoms with E-state index in [4.69, 9.17) is 9.40 Å². The summed E-state index contributed by atoms with van der Waals surface area (Å²) < 4.78 is 6.49. The number of nitriles is 1. The number of oxazole rings is 1. The summed E-state index contributed by atoms with van der Waals surface area (Å²) in [5.41, 5.74) is 5.85. The highest BCUT2D eigenvalue weighted by atomic mass is 16.4. The third-order valence-corrected chi connectivity index (χ3v) is 7.51. The van der Waals surface area contributed by atoms with Crippen LogP contribution in [0.4, 0.5) is 11.7 Å². The Kier molecular flexibility index (Phi) is 5.89. The van der Waals surface area contributed by atoms with Crippen LogP contribution >= 0.6 is 0 Å². The molecule has 1 amide bonds. The Morgan fingerprint density at radius 2 is 1.91 bits per heavy atom. The van der Waals surface area contributed by atoms with Gasteiger partial charge in [-0.2, -0.15) is 10.2 Å². The van der Waals surface area contributed by atoms with Gasteiger partial charge in [-0.25, -0.2) is 0 Å². The first-order chi connectivity index (χ1) is 16.8. The summed E-state index contributed by atoms with van der Waals surface area (Å²) in [6.07, 6.45) is 2.39. The SMILES string of the molecule is CC(=O)N(C)C1CN(c2nc3c(C#N)c(C)c(-c4ccccc4)c(N4CCC[C@H]4N(C)C)c3o2)C1. The Balaban J connectivity index is 1.69. The van der Waals surface area contributed by atoms with Gasteiger partial charge in [-0.15, -0.1) is 0 Å². The van der Waals surface area contributed by atoms with Gasteiger partial charge in [0.2, 0.25) is 5.91 Å². The Bertz CT molecular complexity index is 1300. The molecule has 2 aromatic carbocycles. The minimum Gasteiger partial charge on any atom is -0.421 e. The smallest absolute Gasteiger partial charge is 0.298 e. The third kappa shape index (κ3) is 3.80. The summed E-state index contributed by atoms with van der Waals surface area (Å²) in [5.74, 6) is 0.0492. The number of likely N-dealkylation sites (N-methyl/N-ethyl adjacent to an activating group) is 1. The molecule has 2 saturated heterocycles. The number of hydrogen-bond donors (Lipinski definition) is 0. The molecule has 0 N–H and O–H groups in total. The number of aromatic nitrogens is 1. The van der Waals surface area contributed by atoms with Crippen molar-refractivity contribution < 1.29 is 9.21 Å². The molecule has 3 heterocycles. The number of carbonyl (C=O) groups excluding carboxylic acids is 1. The van der Waals surface area contributed by atoms with Crippen molar-refractivity contribution in [1.82, 2.24) is 14.8 Å². The molecule has 5 rings (SSSR count). The molecule has 2 aliphatic rings. The van der Waals surface area contributed by atoms with Crippen molar-refractivity contribution in [3.05, 3.63) is 41.5 Å². The van der Waals surface area contributed by atoms with Gasteiger partial charge in [-0.3, -0.25) is 9.69 Å². The average Bonchev–Trinajstić information content (AvgIpc) is 3.45. The average molecular weight is 473 g/mol. The van der Waals surface area contributed by atoms with Gasteiger partial charge in [-0.05, 0) is 45.0 Å². The van der Waals surface area contributed by atoms with Crippen molar-refractivity contribution in [2.75, 3.05) is 50.6 Å². The monoisotopic (exact) mass is 472 g/mol. The lowest BCUT2D eigenvalue weighted by atomic mass is 9.93. The van der Waals surface area contributed by atoms with E-state index in [1.807, 2.05) is 37.1 Å². The zero-order chi connectivity index (χ0) is 24.9. The Morgan fingerprint density at radius 3 is 2.54 bits per heavy atom. The maximum atomic E-state index is 11.8. The standard InChI is InChI=1S/C27H32N6O2/c1-17-21(14-28)24-26(35-27(29-24)32-15-20(16-32)31(5)18(2)34)25(23(17)19-10-7-6-8-11-19)33-13-9-12-22(33)30(3)4/h6-8,10-11,20,22H,9,12-13,15-16H2,1-5H3/t22-/m0/s1. The summed E-state index contributed by atoms with van der Waals surface area (Å²) in [4.78, 5) is 25.0. The van der Waals surface area contributed by atoms with Gasteiger partial charge in [0, 0.05) is 39.2 Å². The predicted molar refractivity (Wildman–Crippen MR) is 137 cm³/mol. The molecule has 2 fully saturated rings. The van der Waals surface area contributed by atoms with Crippen molar-refractivity contribution in [1.29, 1.82) is 5.26 Å². The molecule has 0 unspecified atom stereocenters. The van der Waals surface area contributed by atoms with Crippen LogP contribution in [-0.4, -0.2) is 73.7 Å². The molecular formula is C27H32N6O2. The van der Waals surface area contributed by atoms with Crippen molar-refractivity contribution >= 4 is 28.7 Å². The Morgan fingerprint density at radius 1 is 1.20 bits per heavy atom. The summed E-state index contributed by atoms with van der Waals surface area (Å²) in [5, 5.41) is 10.2. The van der Waals surface area contributed by atoms with E-state index in [-0.39, 0.29) is 18.1 Å². The second kappa shape index (κ2) is 8.90. The summed E-state index contributed by atoms with van der Waals surface area (Å²) in [6.45, 7) is 5.83. The van der Waals surface area contributed by atoms with Crippen molar-refractivity contribution in [2.24, 2.45) is 0 Å². The minimum absolute atomic E-state index is 0.0492. The van der Waals surface area contributed by atoms with E-state index in [1.54, 1.807) is 11.8 Å². The van der Waals surface area contributed by atoms with Gasteiger partial charge in [0.05, 0.1) is 23.5 Å². The molecule has 0 bridgehead atoms. The van der Waals surface area contributed by atoms with Crippen molar-refractivity contribution in [3.8, 4) is 17.2 Å². The topological polar surface area (TPSA) is 79.9 Å². The van der Waals surface area contributed by atoms with Gasteiger partial charge in [0.25, 0.3) is 6.01 Å². The van der Waals surface area contributed by atoms with E-state index < -0.39 is 0 Å². The second-order valence-corrected chi connectivity index (χ2v) is 9.84. The van der Waals surface area contributed by atoms with Gasteiger partial charge >= 0.3 is 0 Å². The molecular weight excluding hydrogens is 440 g/mol. The van der Waals surface area contributed by atoms with E-state index in [2.05, 4.69) is 42.1 Å². The number of fused-ring (bicyclic) bond motifs is 1. The lowest BCUT2D eigenvalue weighted by molar-refractivity contribution is -0.130. The number of anilines is 2. The molecule has 35 heavy (non-hydrogen) atoms. The largest absolute Gasteiger partial charge is 0.421 e. The van der Waals surface area contributed by atoms with Crippen molar-refractivity contribution in [3.63, 3.8) is 0 Å². The molecule has 1 aromatic heterocycles. The first-order valence-electron chi connectivity index (χ1n) is 12.2. The first kappa shape index (κ1) is 23.2. The number of benzene rings is 2. The van der Waals surface area contributed by atoms with Crippen LogP contribution in [0.25, 0.3) is 22.2 Å². The Hall–Kier alpha value is -3.57. The van der Waals surface area contributed by atoms with Crippen molar-refractivity contribution in [2.45, 2.75) is 38.9 Å². The number of hydrogen-bond acceptors (Lipinski definition) is 7. The lowest BCUT2D eigenvalue weighted by Gasteiger charge is -2.42. The van der Waals surface area contributed by atoms with Gasteiger partial charge in [0.1, 0.15) is 11.6 Å². The molecule has 8 heteroatoms.